The van der Waals surface area contributed by atoms with Gasteiger partial charge in [-0.25, -0.2) is 0 Å². The zero-order valence-electron chi connectivity index (χ0n) is 6.16. The van der Waals surface area contributed by atoms with Crippen LogP contribution in [0, 0.1) is 0 Å². The lowest BCUT2D eigenvalue weighted by molar-refractivity contribution is -0.307. The molecule has 0 aromatic rings. The summed E-state index contributed by atoms with van der Waals surface area (Å²) in [6, 6.07) is -0.928. The number of thiol groups is 1. The molecule has 0 bridgehead atoms. The monoisotopic (exact) mass is 176 g/mol. The van der Waals surface area contributed by atoms with E-state index in [4.69, 9.17) is 0 Å². The molecule has 1 atom stereocenters. The first-order valence-corrected chi connectivity index (χ1v) is 3.82. The molecule has 1 amide bonds. The van der Waals surface area contributed by atoms with Gasteiger partial charge in [0.15, 0.2) is 0 Å². The van der Waals surface area contributed by atoms with Gasteiger partial charge < -0.3 is 15.2 Å². The van der Waals surface area contributed by atoms with Crippen molar-refractivity contribution in [1.29, 1.82) is 0 Å². The predicted octanol–water partition coefficient (Wildman–Crippen LogP) is -1.44. The molecule has 0 fully saturated rings. The van der Waals surface area contributed by atoms with Gasteiger partial charge >= 0.3 is 0 Å². The van der Waals surface area contributed by atoms with E-state index in [0.29, 0.717) is 5.75 Å². The summed E-state index contributed by atoms with van der Waals surface area (Å²) in [7, 11) is 0. The molecular weight excluding hydrogens is 166 g/mol. The second kappa shape index (κ2) is 5.01. The first-order valence-electron chi connectivity index (χ1n) is 3.19. The fraction of sp³-hybridized carbons (Fsp3) is 0.667. The van der Waals surface area contributed by atoms with Crippen molar-refractivity contribution in [3.8, 4) is 0 Å². The third kappa shape index (κ3) is 4.66. The van der Waals surface area contributed by atoms with Gasteiger partial charge in [0.1, 0.15) is 0 Å². The standard InChI is InChI=1S/C6H11NO3S/c1-4(6(9)10)7-5(8)2-3-11/h4,11H,2-3H2,1H3,(H,7,8)(H,9,10)/p-1/t4-/m1/s1. The number of nitrogens with one attached hydrogen (secondary N) is 1. The van der Waals surface area contributed by atoms with Crippen molar-refractivity contribution in [3.05, 3.63) is 0 Å². The lowest BCUT2D eigenvalue weighted by Crippen LogP contribution is -2.45. The quantitative estimate of drug-likeness (QED) is 0.515. The number of carbonyl (C=O) groups is 2. The number of carbonyl (C=O) groups excluding carboxylic acids is 2. The number of aliphatic carboxylic acids is 1. The molecule has 5 heteroatoms. The molecule has 0 aromatic carbocycles. The predicted molar refractivity (Wildman–Crippen MR) is 41.1 cm³/mol. The van der Waals surface area contributed by atoms with Crippen LogP contribution in [0.5, 0.6) is 0 Å². The average Bonchev–Trinajstić information content (AvgIpc) is 1.87. The second-order valence-corrected chi connectivity index (χ2v) is 2.53. The minimum atomic E-state index is -1.28. The molecular formula is C6H10NO3S-. The molecule has 0 heterocycles. The summed E-state index contributed by atoms with van der Waals surface area (Å²) in [6.07, 6.45) is 0.223. The molecule has 0 aliphatic rings. The Morgan fingerprint density at radius 3 is 2.55 bits per heavy atom. The van der Waals surface area contributed by atoms with Gasteiger partial charge in [-0.15, -0.1) is 0 Å². The van der Waals surface area contributed by atoms with Crippen LogP contribution in [0.2, 0.25) is 0 Å². The summed E-state index contributed by atoms with van der Waals surface area (Å²) in [5, 5.41) is 12.3. The van der Waals surface area contributed by atoms with E-state index in [0.717, 1.165) is 0 Å². The van der Waals surface area contributed by atoms with Crippen molar-refractivity contribution < 1.29 is 14.7 Å². The van der Waals surface area contributed by atoms with Crippen molar-refractivity contribution in [2.24, 2.45) is 0 Å². The molecule has 64 valence electrons. The number of hydrogen-bond donors (Lipinski definition) is 2. The highest BCUT2D eigenvalue weighted by Gasteiger charge is 2.05. The van der Waals surface area contributed by atoms with E-state index in [1.807, 2.05) is 0 Å². The minimum absolute atomic E-state index is 0.223. The molecule has 1 N–H and O–H groups in total. The fourth-order valence-corrected chi connectivity index (χ4v) is 0.677. The normalized spacial score (nSPS) is 12.2. The van der Waals surface area contributed by atoms with E-state index in [2.05, 4.69) is 17.9 Å². The van der Waals surface area contributed by atoms with Crippen LogP contribution in [-0.2, 0) is 9.59 Å². The van der Waals surface area contributed by atoms with Crippen LogP contribution in [0.3, 0.4) is 0 Å². The van der Waals surface area contributed by atoms with Gasteiger partial charge in [0.2, 0.25) is 5.91 Å². The fourth-order valence-electron chi connectivity index (χ4n) is 0.474. The Hall–Kier alpha value is -0.710. The molecule has 0 saturated carbocycles. The second-order valence-electron chi connectivity index (χ2n) is 2.08. The first-order chi connectivity index (χ1) is 5.07. The lowest BCUT2D eigenvalue weighted by atomic mass is 10.3. The van der Waals surface area contributed by atoms with E-state index in [9.17, 15) is 14.7 Å². The summed E-state index contributed by atoms with van der Waals surface area (Å²) in [6.45, 7) is 1.35. The van der Waals surface area contributed by atoms with Gasteiger partial charge in [0, 0.05) is 6.42 Å². The van der Waals surface area contributed by atoms with E-state index in [1.54, 1.807) is 0 Å². The Kier molecular flexibility index (Phi) is 4.69. The zero-order chi connectivity index (χ0) is 8.85. The van der Waals surface area contributed by atoms with Gasteiger partial charge in [0.25, 0.3) is 0 Å². The smallest absolute Gasteiger partial charge is 0.221 e. The zero-order valence-corrected chi connectivity index (χ0v) is 7.06. The van der Waals surface area contributed by atoms with Gasteiger partial charge in [0.05, 0.1) is 12.0 Å². The van der Waals surface area contributed by atoms with Crippen LogP contribution in [0.25, 0.3) is 0 Å². The van der Waals surface area contributed by atoms with E-state index < -0.39 is 12.0 Å². The number of amides is 1. The summed E-state index contributed by atoms with van der Waals surface area (Å²) < 4.78 is 0. The Balaban J connectivity index is 3.66. The Labute approximate surface area is 70.4 Å². The summed E-state index contributed by atoms with van der Waals surface area (Å²) in [4.78, 5) is 20.8. The van der Waals surface area contributed by atoms with Gasteiger partial charge in [-0.05, 0) is 12.7 Å². The summed E-state index contributed by atoms with van der Waals surface area (Å²) in [5.41, 5.74) is 0. The van der Waals surface area contributed by atoms with Crippen LogP contribution in [-0.4, -0.2) is 23.7 Å². The molecule has 0 spiro atoms. The SMILES string of the molecule is C[C@@H](NC(=O)CCS)C(=O)[O-]. The van der Waals surface area contributed by atoms with Crippen molar-refractivity contribution >= 4 is 24.5 Å². The molecule has 4 nitrogen and oxygen atoms in total. The number of carboxylic acid groups (broad SMARTS) is 1. The molecule has 0 aliphatic heterocycles. The summed E-state index contributed by atoms with van der Waals surface area (Å²) in [5.74, 6) is -1.19. The highest BCUT2D eigenvalue weighted by Crippen LogP contribution is 1.85. The average molecular weight is 176 g/mol. The van der Waals surface area contributed by atoms with Crippen molar-refractivity contribution in [1.82, 2.24) is 5.32 Å². The largest absolute Gasteiger partial charge is 0.548 e. The highest BCUT2D eigenvalue weighted by molar-refractivity contribution is 7.80. The van der Waals surface area contributed by atoms with Crippen molar-refractivity contribution in [2.75, 3.05) is 5.75 Å². The molecule has 0 aliphatic carbocycles. The summed E-state index contributed by atoms with van der Waals surface area (Å²) >= 11 is 3.81. The van der Waals surface area contributed by atoms with Crippen LogP contribution in [0.4, 0.5) is 0 Å². The molecule has 0 rings (SSSR count). The number of carboxylic acids is 1. The van der Waals surface area contributed by atoms with Crippen molar-refractivity contribution in [2.45, 2.75) is 19.4 Å². The molecule has 0 unspecified atom stereocenters. The lowest BCUT2D eigenvalue weighted by Gasteiger charge is -2.13. The Morgan fingerprint density at radius 1 is 1.64 bits per heavy atom. The highest BCUT2D eigenvalue weighted by atomic mass is 32.1. The molecule has 0 radical (unpaired) electrons. The van der Waals surface area contributed by atoms with Crippen molar-refractivity contribution in [3.63, 3.8) is 0 Å². The number of rotatable bonds is 4. The Bertz CT molecular complexity index is 160. The maximum absolute atomic E-state index is 10.7. The topological polar surface area (TPSA) is 69.2 Å². The van der Waals surface area contributed by atoms with Crippen LogP contribution >= 0.6 is 12.6 Å². The van der Waals surface area contributed by atoms with E-state index in [1.165, 1.54) is 6.92 Å². The molecule has 11 heavy (non-hydrogen) atoms. The molecule has 0 saturated heterocycles. The van der Waals surface area contributed by atoms with Crippen LogP contribution in [0.1, 0.15) is 13.3 Å². The van der Waals surface area contributed by atoms with Crippen LogP contribution in [0.15, 0.2) is 0 Å². The van der Waals surface area contributed by atoms with Gasteiger partial charge in [-0.1, -0.05) is 0 Å². The van der Waals surface area contributed by atoms with Gasteiger partial charge in [-0.2, -0.15) is 12.6 Å². The first kappa shape index (κ1) is 10.3. The maximum Gasteiger partial charge on any atom is 0.221 e. The van der Waals surface area contributed by atoms with E-state index >= 15 is 0 Å². The number of hydrogen-bond acceptors (Lipinski definition) is 4. The maximum atomic E-state index is 10.7. The Morgan fingerprint density at radius 2 is 2.18 bits per heavy atom. The van der Waals surface area contributed by atoms with Crippen LogP contribution < -0.4 is 10.4 Å². The third-order valence-electron chi connectivity index (χ3n) is 1.07. The minimum Gasteiger partial charge on any atom is -0.548 e. The molecule has 0 aromatic heterocycles. The van der Waals surface area contributed by atoms with Gasteiger partial charge in [-0.3, -0.25) is 4.79 Å². The third-order valence-corrected chi connectivity index (χ3v) is 1.29. The van der Waals surface area contributed by atoms with E-state index in [-0.39, 0.29) is 12.3 Å².